The largest absolute Gasteiger partial charge is 0.368 e. The molecule has 0 aliphatic heterocycles. The summed E-state index contributed by atoms with van der Waals surface area (Å²) < 4.78 is 0.377. The van der Waals surface area contributed by atoms with Crippen LogP contribution < -0.4 is 0 Å². The van der Waals surface area contributed by atoms with Crippen molar-refractivity contribution in [2.45, 2.75) is 23.1 Å². The zero-order valence-electron chi connectivity index (χ0n) is 5.57. The molecule has 0 saturated carbocycles. The lowest BCUT2D eigenvalue weighted by Gasteiger charge is -2.23. The van der Waals surface area contributed by atoms with Crippen LogP contribution in [0.4, 0.5) is 0 Å². The minimum absolute atomic E-state index is 0.0608. The number of hydrogen-bond donors (Lipinski definition) is 2. The monoisotopic (exact) mass is 254 g/mol. The van der Waals surface area contributed by atoms with Crippen LogP contribution in [0.2, 0.25) is 0 Å². The molecule has 0 radical (unpaired) electrons. The van der Waals surface area contributed by atoms with Gasteiger partial charge in [-0.15, -0.1) is 0 Å². The third-order valence-corrected chi connectivity index (χ3v) is 3.18. The van der Waals surface area contributed by atoms with E-state index in [4.69, 9.17) is 10.2 Å². The molecule has 0 aromatic heterocycles. The molecule has 0 spiro atoms. The van der Waals surface area contributed by atoms with Gasteiger partial charge < -0.3 is 10.2 Å². The Bertz CT molecular complexity index is 134. The summed E-state index contributed by atoms with van der Waals surface area (Å²) in [4.78, 5) is 0. The van der Waals surface area contributed by atoms with E-state index in [1.165, 1.54) is 0 Å². The minimum Gasteiger partial charge on any atom is -0.368 e. The van der Waals surface area contributed by atoms with E-state index in [0.29, 0.717) is 3.92 Å². The molecule has 0 aromatic carbocycles. The normalized spacial score (nSPS) is 33.2. The first-order chi connectivity index (χ1) is 4.72. The van der Waals surface area contributed by atoms with Crippen molar-refractivity contribution in [1.82, 2.24) is 0 Å². The SMILES string of the molecule is OC(O)C1C=CCCC1I. The third kappa shape index (κ3) is 1.93. The Hall–Kier alpha value is 0.390. The van der Waals surface area contributed by atoms with Gasteiger partial charge in [0.25, 0.3) is 0 Å². The topological polar surface area (TPSA) is 40.5 Å². The van der Waals surface area contributed by atoms with Gasteiger partial charge in [-0.25, -0.2) is 0 Å². The molecule has 58 valence electrons. The van der Waals surface area contributed by atoms with E-state index in [-0.39, 0.29) is 5.92 Å². The molecule has 0 bridgehead atoms. The number of aliphatic hydroxyl groups is 2. The van der Waals surface area contributed by atoms with E-state index in [9.17, 15) is 0 Å². The van der Waals surface area contributed by atoms with E-state index < -0.39 is 6.29 Å². The number of halogens is 1. The van der Waals surface area contributed by atoms with E-state index in [2.05, 4.69) is 22.6 Å². The van der Waals surface area contributed by atoms with Gasteiger partial charge in [-0.05, 0) is 12.8 Å². The van der Waals surface area contributed by atoms with Crippen LogP contribution in [0.15, 0.2) is 12.2 Å². The molecule has 0 heterocycles. The van der Waals surface area contributed by atoms with Crippen LogP contribution in [-0.4, -0.2) is 20.4 Å². The molecule has 3 heteroatoms. The standard InChI is InChI=1S/C7H11IO2/c8-6-4-2-1-3-5(6)7(9)10/h1,3,5-7,9-10H,2,4H2. The lowest BCUT2D eigenvalue weighted by Crippen LogP contribution is -2.27. The first-order valence-electron chi connectivity index (χ1n) is 3.38. The van der Waals surface area contributed by atoms with E-state index in [0.717, 1.165) is 12.8 Å². The Kier molecular flexibility index (Phi) is 3.13. The Morgan fingerprint density at radius 2 is 2.20 bits per heavy atom. The lowest BCUT2D eigenvalue weighted by molar-refractivity contribution is -0.0702. The smallest absolute Gasteiger partial charge is 0.158 e. The average Bonchev–Trinajstić information content (AvgIpc) is 1.88. The number of aliphatic hydroxyl groups excluding tert-OH is 1. The first-order valence-corrected chi connectivity index (χ1v) is 4.63. The van der Waals surface area contributed by atoms with Gasteiger partial charge in [0, 0.05) is 9.84 Å². The minimum atomic E-state index is -1.18. The number of hydrogen-bond acceptors (Lipinski definition) is 2. The maximum absolute atomic E-state index is 8.85. The van der Waals surface area contributed by atoms with Crippen molar-refractivity contribution >= 4 is 22.6 Å². The van der Waals surface area contributed by atoms with Crippen LogP contribution in [0.25, 0.3) is 0 Å². The highest BCUT2D eigenvalue weighted by Crippen LogP contribution is 2.26. The van der Waals surface area contributed by atoms with Gasteiger partial charge in [-0.1, -0.05) is 34.7 Å². The summed E-state index contributed by atoms with van der Waals surface area (Å²) in [7, 11) is 0. The number of allylic oxidation sites excluding steroid dienone is 1. The summed E-state index contributed by atoms with van der Waals surface area (Å²) in [6.07, 6.45) is 4.85. The summed E-state index contributed by atoms with van der Waals surface area (Å²) in [6.45, 7) is 0. The molecule has 1 aliphatic carbocycles. The van der Waals surface area contributed by atoms with Crippen molar-refractivity contribution in [1.29, 1.82) is 0 Å². The van der Waals surface area contributed by atoms with Gasteiger partial charge in [0.15, 0.2) is 6.29 Å². The molecule has 0 amide bonds. The average molecular weight is 254 g/mol. The fourth-order valence-electron chi connectivity index (χ4n) is 1.11. The van der Waals surface area contributed by atoms with Crippen molar-refractivity contribution in [3.8, 4) is 0 Å². The Morgan fingerprint density at radius 3 is 2.60 bits per heavy atom. The summed E-state index contributed by atoms with van der Waals surface area (Å²) in [6, 6.07) is 0. The Morgan fingerprint density at radius 1 is 1.50 bits per heavy atom. The van der Waals surface area contributed by atoms with Crippen molar-refractivity contribution in [3.63, 3.8) is 0 Å². The van der Waals surface area contributed by atoms with Gasteiger partial charge >= 0.3 is 0 Å². The van der Waals surface area contributed by atoms with E-state index in [1.54, 1.807) is 0 Å². The summed E-state index contributed by atoms with van der Waals surface area (Å²) >= 11 is 2.26. The molecule has 10 heavy (non-hydrogen) atoms. The molecule has 1 aliphatic rings. The molecule has 2 unspecified atom stereocenters. The fraction of sp³-hybridized carbons (Fsp3) is 0.714. The molecule has 2 nitrogen and oxygen atoms in total. The maximum Gasteiger partial charge on any atom is 0.158 e. The highest BCUT2D eigenvalue weighted by molar-refractivity contribution is 14.1. The van der Waals surface area contributed by atoms with Crippen molar-refractivity contribution in [2.24, 2.45) is 5.92 Å². The molecule has 2 atom stereocenters. The fourth-order valence-corrected chi connectivity index (χ4v) is 2.08. The van der Waals surface area contributed by atoms with Gasteiger partial charge in [0.1, 0.15) is 0 Å². The second-order valence-corrected chi connectivity index (χ2v) is 4.11. The molecule has 0 fully saturated rings. The Balaban J connectivity index is 2.55. The number of rotatable bonds is 1. The molecule has 0 saturated heterocycles. The van der Waals surface area contributed by atoms with Crippen LogP contribution in [-0.2, 0) is 0 Å². The molecule has 1 rings (SSSR count). The predicted molar refractivity (Wildman–Crippen MR) is 47.9 cm³/mol. The van der Waals surface area contributed by atoms with Crippen LogP contribution in [0.5, 0.6) is 0 Å². The second kappa shape index (κ2) is 3.69. The van der Waals surface area contributed by atoms with Gasteiger partial charge in [-0.2, -0.15) is 0 Å². The van der Waals surface area contributed by atoms with Crippen LogP contribution in [0.3, 0.4) is 0 Å². The zero-order chi connectivity index (χ0) is 7.56. The molecular formula is C7H11IO2. The van der Waals surface area contributed by atoms with Gasteiger partial charge in [0.05, 0.1) is 0 Å². The Labute approximate surface area is 74.1 Å². The zero-order valence-corrected chi connectivity index (χ0v) is 7.73. The number of alkyl halides is 1. The van der Waals surface area contributed by atoms with E-state index in [1.807, 2.05) is 12.2 Å². The quantitative estimate of drug-likeness (QED) is 0.318. The second-order valence-electron chi connectivity index (χ2n) is 2.51. The predicted octanol–water partition coefficient (Wildman–Crippen LogP) is 1.07. The summed E-state index contributed by atoms with van der Waals surface area (Å²) in [5.74, 6) is -0.0608. The van der Waals surface area contributed by atoms with E-state index >= 15 is 0 Å². The van der Waals surface area contributed by atoms with Gasteiger partial charge in [0.2, 0.25) is 0 Å². The summed E-state index contributed by atoms with van der Waals surface area (Å²) in [5, 5.41) is 17.7. The first kappa shape index (κ1) is 8.49. The highest BCUT2D eigenvalue weighted by atomic mass is 127. The van der Waals surface area contributed by atoms with Crippen LogP contribution in [0, 0.1) is 5.92 Å². The van der Waals surface area contributed by atoms with Crippen molar-refractivity contribution in [2.75, 3.05) is 0 Å². The highest BCUT2D eigenvalue weighted by Gasteiger charge is 2.23. The van der Waals surface area contributed by atoms with Crippen LogP contribution >= 0.6 is 22.6 Å². The maximum atomic E-state index is 8.85. The third-order valence-electron chi connectivity index (χ3n) is 1.73. The van der Waals surface area contributed by atoms with Crippen molar-refractivity contribution < 1.29 is 10.2 Å². The van der Waals surface area contributed by atoms with Crippen molar-refractivity contribution in [3.05, 3.63) is 12.2 Å². The summed E-state index contributed by atoms with van der Waals surface area (Å²) in [5.41, 5.74) is 0. The molecular weight excluding hydrogens is 243 g/mol. The lowest BCUT2D eigenvalue weighted by atomic mass is 9.95. The molecule has 2 N–H and O–H groups in total. The molecule has 0 aromatic rings. The van der Waals surface area contributed by atoms with Crippen LogP contribution in [0.1, 0.15) is 12.8 Å². The van der Waals surface area contributed by atoms with Gasteiger partial charge in [-0.3, -0.25) is 0 Å².